The van der Waals surface area contributed by atoms with Crippen molar-refractivity contribution in [3.05, 3.63) is 65.5 Å². The van der Waals surface area contributed by atoms with Gasteiger partial charge in [0.25, 0.3) is 5.91 Å². The predicted octanol–water partition coefficient (Wildman–Crippen LogP) is 2.67. The third-order valence-corrected chi connectivity index (χ3v) is 3.96. The number of rotatable bonds is 3. The highest BCUT2D eigenvalue weighted by atomic mass is 19.1. The Bertz CT molecular complexity index is 726. The largest absolute Gasteiger partial charge is 0.340 e. The number of carbonyl (C=O) groups is 2. The van der Waals surface area contributed by atoms with E-state index in [-0.39, 0.29) is 11.8 Å². The molecule has 1 fully saturated rings. The second kappa shape index (κ2) is 6.20. The minimum Gasteiger partial charge on any atom is -0.340 e. The number of benzene rings is 2. The van der Waals surface area contributed by atoms with Crippen molar-refractivity contribution in [2.24, 2.45) is 0 Å². The van der Waals surface area contributed by atoms with Gasteiger partial charge in [0.15, 0.2) is 0 Å². The Labute approximate surface area is 133 Å². The first kappa shape index (κ1) is 15.2. The van der Waals surface area contributed by atoms with Crippen LogP contribution in [0.3, 0.4) is 0 Å². The van der Waals surface area contributed by atoms with Crippen LogP contribution in [0.2, 0.25) is 0 Å². The minimum atomic E-state index is -0.547. The summed E-state index contributed by atoms with van der Waals surface area (Å²) in [5, 5.41) is 2.72. The Morgan fingerprint density at radius 1 is 1.13 bits per heavy atom. The van der Waals surface area contributed by atoms with E-state index in [2.05, 4.69) is 5.32 Å². The molecule has 1 atom stereocenters. The molecule has 0 saturated carbocycles. The highest BCUT2D eigenvalue weighted by Gasteiger charge is 2.33. The monoisotopic (exact) mass is 312 g/mol. The topological polar surface area (TPSA) is 49.4 Å². The smallest absolute Gasteiger partial charge is 0.251 e. The van der Waals surface area contributed by atoms with Crippen molar-refractivity contribution in [2.75, 3.05) is 11.4 Å². The van der Waals surface area contributed by atoms with E-state index >= 15 is 0 Å². The van der Waals surface area contributed by atoms with E-state index in [4.69, 9.17) is 0 Å². The minimum absolute atomic E-state index is 0.121. The maximum absolute atomic E-state index is 12.9. The van der Waals surface area contributed by atoms with Crippen LogP contribution in [0.15, 0.2) is 48.5 Å². The maximum Gasteiger partial charge on any atom is 0.251 e. The molecule has 2 amide bonds. The average Bonchev–Trinajstić information content (AvgIpc) is 2.90. The maximum atomic E-state index is 12.9. The van der Waals surface area contributed by atoms with E-state index in [0.717, 1.165) is 11.3 Å². The third kappa shape index (κ3) is 3.23. The molecule has 23 heavy (non-hydrogen) atoms. The Hall–Kier alpha value is -2.69. The second-order valence-electron chi connectivity index (χ2n) is 5.65. The fourth-order valence-corrected chi connectivity index (χ4v) is 2.64. The molecule has 2 aromatic rings. The van der Waals surface area contributed by atoms with Gasteiger partial charge in [0, 0.05) is 17.8 Å². The Morgan fingerprint density at radius 3 is 2.43 bits per heavy atom. The van der Waals surface area contributed by atoms with Crippen LogP contribution in [0.25, 0.3) is 0 Å². The van der Waals surface area contributed by atoms with E-state index in [1.165, 1.54) is 24.3 Å². The van der Waals surface area contributed by atoms with Crippen LogP contribution in [0.4, 0.5) is 10.1 Å². The number of nitrogens with one attached hydrogen (secondary N) is 1. The van der Waals surface area contributed by atoms with Crippen LogP contribution >= 0.6 is 0 Å². The van der Waals surface area contributed by atoms with Crippen LogP contribution in [-0.2, 0) is 4.79 Å². The number of amides is 2. The standard InChI is InChI=1S/C18H17FN2O2/c1-12-2-8-15(9-3-12)21-11-10-16(18(21)23)20-17(22)13-4-6-14(19)7-5-13/h2-9,16H,10-11H2,1H3,(H,20,22)/t16-/m1/s1. The van der Waals surface area contributed by atoms with Gasteiger partial charge in [0.1, 0.15) is 11.9 Å². The van der Waals surface area contributed by atoms with Gasteiger partial charge in [-0.25, -0.2) is 4.39 Å². The summed E-state index contributed by atoms with van der Waals surface area (Å²) in [5.74, 6) is -0.887. The fraction of sp³-hybridized carbons (Fsp3) is 0.222. The van der Waals surface area contributed by atoms with Gasteiger partial charge in [0.2, 0.25) is 5.91 Å². The molecule has 5 heteroatoms. The van der Waals surface area contributed by atoms with Gasteiger partial charge >= 0.3 is 0 Å². The molecule has 0 unspecified atom stereocenters. The van der Waals surface area contributed by atoms with Crippen LogP contribution in [0, 0.1) is 12.7 Å². The van der Waals surface area contributed by atoms with Gasteiger partial charge in [-0.05, 0) is 49.7 Å². The zero-order chi connectivity index (χ0) is 16.4. The lowest BCUT2D eigenvalue weighted by atomic mass is 10.2. The first-order valence-electron chi connectivity index (χ1n) is 7.49. The molecule has 2 aromatic carbocycles. The summed E-state index contributed by atoms with van der Waals surface area (Å²) >= 11 is 0. The Morgan fingerprint density at radius 2 is 1.78 bits per heavy atom. The van der Waals surface area contributed by atoms with E-state index in [9.17, 15) is 14.0 Å². The number of nitrogens with zero attached hydrogens (tertiary/aromatic N) is 1. The van der Waals surface area contributed by atoms with Gasteiger partial charge < -0.3 is 10.2 Å². The van der Waals surface area contributed by atoms with E-state index in [1.54, 1.807) is 4.90 Å². The summed E-state index contributed by atoms with van der Waals surface area (Å²) in [5.41, 5.74) is 2.30. The van der Waals surface area contributed by atoms with E-state index < -0.39 is 11.9 Å². The molecular formula is C18H17FN2O2. The van der Waals surface area contributed by atoms with Crippen molar-refractivity contribution in [1.29, 1.82) is 0 Å². The van der Waals surface area contributed by atoms with Crippen molar-refractivity contribution in [3.8, 4) is 0 Å². The summed E-state index contributed by atoms with van der Waals surface area (Å²) in [4.78, 5) is 26.3. The van der Waals surface area contributed by atoms with Crippen molar-refractivity contribution in [2.45, 2.75) is 19.4 Å². The lowest BCUT2D eigenvalue weighted by Crippen LogP contribution is -2.41. The number of halogens is 1. The number of hydrogen-bond donors (Lipinski definition) is 1. The van der Waals surface area contributed by atoms with Gasteiger partial charge in [-0.3, -0.25) is 9.59 Å². The molecule has 1 saturated heterocycles. The molecule has 1 aliphatic heterocycles. The molecule has 3 rings (SSSR count). The van der Waals surface area contributed by atoms with Gasteiger partial charge in [-0.1, -0.05) is 17.7 Å². The first-order valence-corrected chi connectivity index (χ1v) is 7.49. The SMILES string of the molecule is Cc1ccc(N2CC[C@@H](NC(=O)c3ccc(F)cc3)C2=O)cc1. The lowest BCUT2D eigenvalue weighted by molar-refractivity contribution is -0.118. The molecule has 0 spiro atoms. The van der Waals surface area contributed by atoms with Crippen molar-refractivity contribution in [1.82, 2.24) is 5.32 Å². The molecular weight excluding hydrogens is 295 g/mol. The molecule has 1 aliphatic rings. The number of hydrogen-bond acceptors (Lipinski definition) is 2. The summed E-state index contributed by atoms with van der Waals surface area (Å²) in [6.45, 7) is 2.55. The van der Waals surface area contributed by atoms with Crippen molar-refractivity contribution >= 4 is 17.5 Å². The van der Waals surface area contributed by atoms with Crippen molar-refractivity contribution in [3.63, 3.8) is 0 Å². The molecule has 0 radical (unpaired) electrons. The lowest BCUT2D eigenvalue weighted by Gasteiger charge is -2.17. The van der Waals surface area contributed by atoms with Crippen LogP contribution in [-0.4, -0.2) is 24.4 Å². The van der Waals surface area contributed by atoms with E-state index in [0.29, 0.717) is 18.5 Å². The van der Waals surface area contributed by atoms with Gasteiger partial charge in [0.05, 0.1) is 0 Å². The third-order valence-electron chi connectivity index (χ3n) is 3.96. The highest BCUT2D eigenvalue weighted by molar-refractivity contribution is 6.03. The molecule has 0 aromatic heterocycles. The molecule has 1 heterocycles. The molecule has 0 bridgehead atoms. The zero-order valence-corrected chi connectivity index (χ0v) is 12.8. The molecule has 4 nitrogen and oxygen atoms in total. The summed E-state index contributed by atoms with van der Waals surface area (Å²) in [6, 6.07) is 12.4. The molecule has 1 N–H and O–H groups in total. The quantitative estimate of drug-likeness (QED) is 0.947. The van der Waals surface area contributed by atoms with Gasteiger partial charge in [-0.15, -0.1) is 0 Å². The van der Waals surface area contributed by atoms with Gasteiger partial charge in [-0.2, -0.15) is 0 Å². The Kier molecular flexibility index (Phi) is 4.10. The van der Waals surface area contributed by atoms with Crippen LogP contribution in [0.5, 0.6) is 0 Å². The first-order chi connectivity index (χ1) is 11.0. The second-order valence-corrected chi connectivity index (χ2v) is 5.65. The average molecular weight is 312 g/mol. The van der Waals surface area contributed by atoms with Crippen molar-refractivity contribution < 1.29 is 14.0 Å². The van der Waals surface area contributed by atoms with E-state index in [1.807, 2.05) is 31.2 Å². The van der Waals surface area contributed by atoms with Crippen LogP contribution in [0.1, 0.15) is 22.3 Å². The summed E-state index contributed by atoms with van der Waals surface area (Å²) in [6.07, 6.45) is 0.555. The Balaban J connectivity index is 1.68. The summed E-state index contributed by atoms with van der Waals surface area (Å²) in [7, 11) is 0. The number of carbonyl (C=O) groups excluding carboxylic acids is 2. The number of aryl methyl sites for hydroxylation is 1. The molecule has 118 valence electrons. The number of anilines is 1. The normalized spacial score (nSPS) is 17.4. The highest BCUT2D eigenvalue weighted by Crippen LogP contribution is 2.22. The predicted molar refractivity (Wildman–Crippen MR) is 85.8 cm³/mol. The summed E-state index contributed by atoms with van der Waals surface area (Å²) < 4.78 is 12.9. The molecule has 0 aliphatic carbocycles. The van der Waals surface area contributed by atoms with Crippen LogP contribution < -0.4 is 10.2 Å². The zero-order valence-electron chi connectivity index (χ0n) is 12.8. The fourth-order valence-electron chi connectivity index (χ4n) is 2.64.